The Balaban J connectivity index is 2.52. The summed E-state index contributed by atoms with van der Waals surface area (Å²) in [6.07, 6.45) is 0. The summed E-state index contributed by atoms with van der Waals surface area (Å²) in [6, 6.07) is -0.580. The van der Waals surface area contributed by atoms with Gasteiger partial charge < -0.3 is 10.0 Å². The molecule has 1 amide bonds. The molecule has 1 saturated heterocycles. The van der Waals surface area contributed by atoms with Crippen LogP contribution in [0.3, 0.4) is 0 Å². The van der Waals surface area contributed by atoms with E-state index >= 15 is 0 Å². The van der Waals surface area contributed by atoms with Crippen LogP contribution in [0.25, 0.3) is 0 Å². The van der Waals surface area contributed by atoms with Crippen molar-refractivity contribution in [1.82, 2.24) is 14.7 Å². The number of carboxylic acid groups (broad SMARTS) is 1. The Morgan fingerprint density at radius 1 is 1.00 bits per heavy atom. The van der Waals surface area contributed by atoms with Crippen LogP contribution < -0.4 is 0 Å². The lowest BCUT2D eigenvalue weighted by molar-refractivity contribution is -0.144. The van der Waals surface area contributed by atoms with Crippen molar-refractivity contribution in [3.63, 3.8) is 0 Å². The largest absolute Gasteiger partial charge is 0.480 e. The fourth-order valence-electron chi connectivity index (χ4n) is 2.62. The van der Waals surface area contributed by atoms with Crippen LogP contribution in [0.1, 0.15) is 27.7 Å². The number of amides is 1. The Labute approximate surface area is 121 Å². The first kappa shape index (κ1) is 16.9. The van der Waals surface area contributed by atoms with Gasteiger partial charge in [-0.25, -0.2) is 0 Å². The van der Waals surface area contributed by atoms with Crippen LogP contribution in [0.2, 0.25) is 0 Å². The molecule has 20 heavy (non-hydrogen) atoms. The Hall–Kier alpha value is -1.14. The van der Waals surface area contributed by atoms with Crippen LogP contribution >= 0.6 is 0 Å². The number of carbonyl (C=O) groups excluding carboxylic acids is 1. The van der Waals surface area contributed by atoms with E-state index in [1.54, 1.807) is 6.92 Å². The van der Waals surface area contributed by atoms with Crippen LogP contribution in [-0.2, 0) is 9.59 Å². The van der Waals surface area contributed by atoms with Crippen molar-refractivity contribution >= 4 is 11.9 Å². The minimum absolute atomic E-state index is 0.128. The van der Waals surface area contributed by atoms with Gasteiger partial charge in [-0.3, -0.25) is 19.4 Å². The third-order valence-electron chi connectivity index (χ3n) is 4.23. The predicted octanol–water partition coefficient (Wildman–Crippen LogP) is 0.334. The molecule has 0 saturated carbocycles. The number of piperazine rings is 1. The molecule has 1 N–H and O–H groups in total. The first-order valence-electron chi connectivity index (χ1n) is 7.42. The highest BCUT2D eigenvalue weighted by Crippen LogP contribution is 2.11. The highest BCUT2D eigenvalue weighted by atomic mass is 16.4. The van der Waals surface area contributed by atoms with Gasteiger partial charge in [0.25, 0.3) is 0 Å². The minimum atomic E-state index is -0.786. The van der Waals surface area contributed by atoms with Gasteiger partial charge in [0.2, 0.25) is 5.91 Å². The summed E-state index contributed by atoms with van der Waals surface area (Å²) in [6.45, 7) is 12.0. The molecule has 0 aromatic carbocycles. The summed E-state index contributed by atoms with van der Waals surface area (Å²) in [7, 11) is 0. The van der Waals surface area contributed by atoms with Crippen molar-refractivity contribution in [2.75, 3.05) is 39.3 Å². The molecule has 0 aromatic rings. The molecule has 2 unspecified atom stereocenters. The van der Waals surface area contributed by atoms with Crippen LogP contribution in [-0.4, -0.2) is 83.0 Å². The van der Waals surface area contributed by atoms with E-state index in [1.807, 2.05) is 30.6 Å². The number of aliphatic carboxylic acids is 1. The number of nitrogens with zero attached hydrogens (tertiary/aromatic N) is 3. The fourth-order valence-corrected chi connectivity index (χ4v) is 2.62. The number of rotatable bonds is 6. The molecule has 0 radical (unpaired) electrons. The third-order valence-corrected chi connectivity index (χ3v) is 4.23. The minimum Gasteiger partial charge on any atom is -0.480 e. The number of likely N-dealkylation sites (N-methyl/N-ethyl adjacent to an activating group) is 1. The lowest BCUT2D eigenvalue weighted by Gasteiger charge is -2.40. The molecule has 6 nitrogen and oxygen atoms in total. The Morgan fingerprint density at radius 2 is 1.40 bits per heavy atom. The molecule has 1 rings (SSSR count). The van der Waals surface area contributed by atoms with Gasteiger partial charge in [0, 0.05) is 39.3 Å². The first-order valence-corrected chi connectivity index (χ1v) is 7.42. The van der Waals surface area contributed by atoms with Gasteiger partial charge in [-0.2, -0.15) is 0 Å². The van der Waals surface area contributed by atoms with E-state index in [0.717, 1.165) is 26.2 Å². The average molecular weight is 285 g/mol. The molecule has 0 aliphatic carbocycles. The fraction of sp³-hybridized carbons (Fsp3) is 0.857. The molecule has 2 atom stereocenters. The molecule has 1 aliphatic heterocycles. The number of carboxylic acids is 1. The Morgan fingerprint density at radius 3 is 1.75 bits per heavy atom. The van der Waals surface area contributed by atoms with Gasteiger partial charge in [-0.1, -0.05) is 0 Å². The molecule has 1 heterocycles. The van der Waals surface area contributed by atoms with Crippen molar-refractivity contribution in [1.29, 1.82) is 0 Å². The van der Waals surface area contributed by atoms with Gasteiger partial charge in [0.05, 0.1) is 6.04 Å². The predicted molar refractivity (Wildman–Crippen MR) is 77.6 cm³/mol. The van der Waals surface area contributed by atoms with Crippen LogP contribution in [0.15, 0.2) is 0 Å². The lowest BCUT2D eigenvalue weighted by atomic mass is 10.1. The summed E-state index contributed by atoms with van der Waals surface area (Å²) in [5, 5.41) is 9.02. The summed E-state index contributed by atoms with van der Waals surface area (Å²) in [4.78, 5) is 29.2. The first-order chi connectivity index (χ1) is 9.42. The zero-order valence-corrected chi connectivity index (χ0v) is 13.0. The summed E-state index contributed by atoms with van der Waals surface area (Å²) in [5.74, 6) is -0.625. The SMILES string of the molecule is CCN(CC)C(=O)C(C)N1CCN(C(C)C(=O)O)CC1. The standard InChI is InChI=1S/C14H27N3O3/c1-5-15(6-2)13(18)11(3)16-7-9-17(10-8-16)12(4)14(19)20/h11-12H,5-10H2,1-4H3,(H,19,20). The second-order valence-corrected chi connectivity index (χ2v) is 5.27. The molecule has 1 fully saturated rings. The normalized spacial score (nSPS) is 20.4. The van der Waals surface area contributed by atoms with Gasteiger partial charge in [-0.15, -0.1) is 0 Å². The molecule has 0 aromatic heterocycles. The van der Waals surface area contributed by atoms with E-state index in [4.69, 9.17) is 5.11 Å². The molecule has 116 valence electrons. The smallest absolute Gasteiger partial charge is 0.320 e. The highest BCUT2D eigenvalue weighted by Gasteiger charge is 2.30. The molecule has 1 aliphatic rings. The van der Waals surface area contributed by atoms with Gasteiger partial charge in [-0.05, 0) is 27.7 Å². The maximum Gasteiger partial charge on any atom is 0.320 e. The summed E-state index contributed by atoms with van der Waals surface area (Å²) < 4.78 is 0. The zero-order valence-electron chi connectivity index (χ0n) is 13.0. The molecular weight excluding hydrogens is 258 g/mol. The molecular formula is C14H27N3O3. The maximum atomic E-state index is 12.3. The summed E-state index contributed by atoms with van der Waals surface area (Å²) in [5.41, 5.74) is 0. The van der Waals surface area contributed by atoms with E-state index in [2.05, 4.69) is 4.90 Å². The van der Waals surface area contributed by atoms with E-state index in [1.165, 1.54) is 0 Å². The number of carbonyl (C=O) groups is 2. The van der Waals surface area contributed by atoms with Gasteiger partial charge >= 0.3 is 5.97 Å². The monoisotopic (exact) mass is 285 g/mol. The van der Waals surface area contributed by atoms with E-state index < -0.39 is 12.0 Å². The molecule has 0 spiro atoms. The number of hydrogen-bond acceptors (Lipinski definition) is 4. The molecule has 0 bridgehead atoms. The van der Waals surface area contributed by atoms with Crippen molar-refractivity contribution in [2.24, 2.45) is 0 Å². The van der Waals surface area contributed by atoms with E-state index in [0.29, 0.717) is 13.1 Å². The Bertz CT molecular complexity index is 337. The van der Waals surface area contributed by atoms with Crippen LogP contribution in [0, 0.1) is 0 Å². The number of hydrogen-bond donors (Lipinski definition) is 1. The maximum absolute atomic E-state index is 12.3. The van der Waals surface area contributed by atoms with Crippen molar-refractivity contribution < 1.29 is 14.7 Å². The van der Waals surface area contributed by atoms with E-state index in [-0.39, 0.29) is 11.9 Å². The van der Waals surface area contributed by atoms with Crippen molar-refractivity contribution in [3.8, 4) is 0 Å². The van der Waals surface area contributed by atoms with Gasteiger partial charge in [0.1, 0.15) is 6.04 Å². The van der Waals surface area contributed by atoms with Gasteiger partial charge in [0.15, 0.2) is 0 Å². The lowest BCUT2D eigenvalue weighted by Crippen LogP contribution is -2.56. The third kappa shape index (κ3) is 3.93. The molecule has 6 heteroatoms. The second-order valence-electron chi connectivity index (χ2n) is 5.27. The zero-order chi connectivity index (χ0) is 15.3. The Kier molecular flexibility index (Phi) is 6.42. The average Bonchev–Trinajstić information content (AvgIpc) is 2.46. The van der Waals surface area contributed by atoms with Crippen molar-refractivity contribution in [2.45, 2.75) is 39.8 Å². The van der Waals surface area contributed by atoms with Crippen LogP contribution in [0.4, 0.5) is 0 Å². The van der Waals surface area contributed by atoms with Crippen molar-refractivity contribution in [3.05, 3.63) is 0 Å². The quantitative estimate of drug-likeness (QED) is 0.762. The van der Waals surface area contributed by atoms with E-state index in [9.17, 15) is 9.59 Å². The second kappa shape index (κ2) is 7.59. The summed E-state index contributed by atoms with van der Waals surface area (Å²) >= 11 is 0. The topological polar surface area (TPSA) is 64.1 Å². The van der Waals surface area contributed by atoms with Crippen LogP contribution in [0.5, 0.6) is 0 Å². The highest BCUT2D eigenvalue weighted by molar-refractivity contribution is 5.81.